The van der Waals surface area contributed by atoms with Crippen molar-refractivity contribution in [2.45, 2.75) is 12.8 Å². The van der Waals surface area contributed by atoms with E-state index in [-0.39, 0.29) is 23.8 Å². The molecule has 2 aliphatic heterocycles. The molecule has 0 bridgehead atoms. The van der Waals surface area contributed by atoms with Crippen LogP contribution in [0, 0.1) is 5.82 Å². The number of hydrogen-bond donors (Lipinski definition) is 1. The van der Waals surface area contributed by atoms with Gasteiger partial charge < -0.3 is 15.0 Å². The highest BCUT2D eigenvalue weighted by molar-refractivity contribution is 6.12. The molecule has 1 fully saturated rings. The van der Waals surface area contributed by atoms with Crippen LogP contribution < -0.4 is 15.0 Å². The van der Waals surface area contributed by atoms with Crippen LogP contribution in [0.5, 0.6) is 5.75 Å². The van der Waals surface area contributed by atoms with Gasteiger partial charge in [-0.1, -0.05) is 30.3 Å². The van der Waals surface area contributed by atoms with Gasteiger partial charge in [-0.25, -0.2) is 4.39 Å². The summed E-state index contributed by atoms with van der Waals surface area (Å²) in [4.78, 5) is 29.2. The van der Waals surface area contributed by atoms with E-state index < -0.39 is 11.7 Å². The van der Waals surface area contributed by atoms with Crippen LogP contribution in [0.2, 0.25) is 0 Å². The first-order valence-corrected chi connectivity index (χ1v) is 10.2. The van der Waals surface area contributed by atoms with Gasteiger partial charge in [0.1, 0.15) is 12.4 Å². The molecule has 2 aromatic rings. The Morgan fingerprint density at radius 1 is 1.10 bits per heavy atom. The summed E-state index contributed by atoms with van der Waals surface area (Å²) in [5.74, 6) is -0.754. The van der Waals surface area contributed by atoms with Crippen molar-refractivity contribution in [1.82, 2.24) is 10.2 Å². The number of nitrogens with one attached hydrogen (secondary N) is 1. The number of carbonyl (C=O) groups is 2. The molecule has 4 rings (SSSR count). The maximum absolute atomic E-state index is 14.0. The number of hydrogen-bond acceptors (Lipinski definition) is 4. The summed E-state index contributed by atoms with van der Waals surface area (Å²) in [6, 6.07) is 13.1. The van der Waals surface area contributed by atoms with Crippen molar-refractivity contribution in [2.24, 2.45) is 0 Å². The van der Waals surface area contributed by atoms with E-state index in [2.05, 4.69) is 10.2 Å². The van der Waals surface area contributed by atoms with Crippen LogP contribution >= 0.6 is 0 Å². The van der Waals surface area contributed by atoms with Crippen molar-refractivity contribution in [3.8, 4) is 5.75 Å². The normalized spacial score (nSPS) is 17.7. The van der Waals surface area contributed by atoms with Gasteiger partial charge in [0.2, 0.25) is 5.91 Å². The molecular weight excluding hydrogens is 385 g/mol. The van der Waals surface area contributed by atoms with Crippen molar-refractivity contribution >= 4 is 23.6 Å². The number of ether oxygens (including phenoxy) is 1. The van der Waals surface area contributed by atoms with E-state index in [1.165, 1.54) is 29.9 Å². The van der Waals surface area contributed by atoms with E-state index in [4.69, 9.17) is 4.74 Å². The van der Waals surface area contributed by atoms with E-state index in [1.54, 1.807) is 42.5 Å². The molecule has 0 aliphatic carbocycles. The average Bonchev–Trinajstić information content (AvgIpc) is 3.26. The fourth-order valence-electron chi connectivity index (χ4n) is 3.71. The van der Waals surface area contributed by atoms with Crippen LogP contribution in [-0.2, 0) is 9.59 Å². The molecule has 2 heterocycles. The average molecular weight is 409 g/mol. The minimum absolute atomic E-state index is 0.0244. The van der Waals surface area contributed by atoms with Crippen molar-refractivity contribution < 1.29 is 18.7 Å². The topological polar surface area (TPSA) is 61.9 Å². The summed E-state index contributed by atoms with van der Waals surface area (Å²) in [5.41, 5.74) is 0.762. The van der Waals surface area contributed by atoms with Crippen LogP contribution in [0.15, 0.2) is 54.3 Å². The molecule has 156 valence electrons. The van der Waals surface area contributed by atoms with Gasteiger partial charge in [0, 0.05) is 18.7 Å². The number of amides is 2. The number of para-hydroxylation sites is 2. The second kappa shape index (κ2) is 9.09. The second-order valence-electron chi connectivity index (χ2n) is 7.39. The van der Waals surface area contributed by atoms with E-state index in [0.717, 1.165) is 19.6 Å². The summed E-state index contributed by atoms with van der Waals surface area (Å²) in [5, 5.41) is 2.89. The summed E-state index contributed by atoms with van der Waals surface area (Å²) in [6.45, 7) is 3.34. The van der Waals surface area contributed by atoms with E-state index in [1.807, 2.05) is 0 Å². The monoisotopic (exact) mass is 409 g/mol. The molecule has 30 heavy (non-hydrogen) atoms. The first-order valence-electron chi connectivity index (χ1n) is 10.2. The number of anilines is 1. The van der Waals surface area contributed by atoms with Gasteiger partial charge >= 0.3 is 0 Å². The van der Waals surface area contributed by atoms with E-state index >= 15 is 0 Å². The Labute approximate surface area is 174 Å². The van der Waals surface area contributed by atoms with Crippen LogP contribution in [-0.4, -0.2) is 49.4 Å². The number of rotatable bonds is 6. The minimum atomic E-state index is -0.480. The Balaban J connectivity index is 1.50. The third-order valence-electron chi connectivity index (χ3n) is 5.27. The van der Waals surface area contributed by atoms with Crippen molar-refractivity contribution in [2.75, 3.05) is 37.6 Å². The molecule has 1 N–H and O–H groups in total. The third-order valence-corrected chi connectivity index (χ3v) is 5.27. The van der Waals surface area contributed by atoms with Crippen molar-refractivity contribution in [3.05, 3.63) is 65.7 Å². The van der Waals surface area contributed by atoms with Gasteiger partial charge in [-0.05, 0) is 50.2 Å². The molecule has 0 aromatic heterocycles. The van der Waals surface area contributed by atoms with Gasteiger partial charge in [0.05, 0.1) is 5.69 Å². The lowest BCUT2D eigenvalue weighted by atomic mass is 10.1. The quantitative estimate of drug-likeness (QED) is 0.746. The molecule has 2 aliphatic rings. The molecule has 0 unspecified atom stereocenters. The lowest BCUT2D eigenvalue weighted by molar-refractivity contribution is -0.123. The Bertz CT molecular complexity index is 970. The predicted molar refractivity (Wildman–Crippen MR) is 112 cm³/mol. The summed E-state index contributed by atoms with van der Waals surface area (Å²) >= 11 is 0. The molecule has 7 heteroatoms. The lowest BCUT2D eigenvalue weighted by Crippen LogP contribution is -2.45. The zero-order valence-electron chi connectivity index (χ0n) is 16.6. The predicted octanol–water partition coefficient (Wildman–Crippen LogP) is 2.80. The first-order chi connectivity index (χ1) is 14.6. The van der Waals surface area contributed by atoms with E-state index in [9.17, 15) is 14.0 Å². The number of nitrogens with zero attached hydrogens (tertiary/aromatic N) is 2. The number of halogens is 1. The Hall–Kier alpha value is -3.19. The highest BCUT2D eigenvalue weighted by Gasteiger charge is 2.31. The molecular formula is C23H24FN3O3. The largest absolute Gasteiger partial charge is 0.449 e. The molecule has 2 aromatic carbocycles. The number of benzene rings is 2. The third kappa shape index (κ3) is 4.52. The van der Waals surface area contributed by atoms with Gasteiger partial charge in [-0.15, -0.1) is 0 Å². The van der Waals surface area contributed by atoms with Crippen LogP contribution in [0.3, 0.4) is 0 Å². The minimum Gasteiger partial charge on any atom is -0.449 e. The Morgan fingerprint density at radius 3 is 2.63 bits per heavy atom. The zero-order valence-corrected chi connectivity index (χ0v) is 16.6. The SMILES string of the molecule is O=C(CN1C(=O)/C(=C/c2ccccc2F)Oc2ccccc21)NCCN1CCCC1. The molecule has 2 amide bonds. The zero-order chi connectivity index (χ0) is 20.9. The van der Waals surface area contributed by atoms with E-state index in [0.29, 0.717) is 18.0 Å². The van der Waals surface area contributed by atoms with Gasteiger partial charge in [-0.2, -0.15) is 0 Å². The summed E-state index contributed by atoms with van der Waals surface area (Å²) < 4.78 is 19.8. The maximum Gasteiger partial charge on any atom is 0.294 e. The smallest absolute Gasteiger partial charge is 0.294 e. The summed E-state index contributed by atoms with van der Waals surface area (Å²) in [7, 11) is 0. The Morgan fingerprint density at radius 2 is 1.83 bits per heavy atom. The molecule has 6 nitrogen and oxygen atoms in total. The van der Waals surface area contributed by atoms with Crippen molar-refractivity contribution in [1.29, 1.82) is 0 Å². The van der Waals surface area contributed by atoms with Gasteiger partial charge in [0.25, 0.3) is 5.91 Å². The molecule has 0 saturated carbocycles. The fraction of sp³-hybridized carbons (Fsp3) is 0.304. The molecule has 0 spiro atoms. The number of carbonyl (C=O) groups excluding carboxylic acids is 2. The molecule has 0 radical (unpaired) electrons. The molecule has 0 atom stereocenters. The van der Waals surface area contributed by atoms with Crippen LogP contribution in [0.4, 0.5) is 10.1 Å². The fourth-order valence-corrected chi connectivity index (χ4v) is 3.71. The summed E-state index contributed by atoms with van der Waals surface area (Å²) in [6.07, 6.45) is 3.76. The van der Waals surface area contributed by atoms with Gasteiger partial charge in [-0.3, -0.25) is 14.5 Å². The maximum atomic E-state index is 14.0. The number of fused-ring (bicyclic) bond motifs is 1. The second-order valence-corrected chi connectivity index (χ2v) is 7.39. The highest BCUT2D eigenvalue weighted by Crippen LogP contribution is 2.35. The van der Waals surface area contributed by atoms with Crippen molar-refractivity contribution in [3.63, 3.8) is 0 Å². The van der Waals surface area contributed by atoms with Crippen LogP contribution in [0.1, 0.15) is 18.4 Å². The number of likely N-dealkylation sites (tertiary alicyclic amines) is 1. The Kier molecular flexibility index (Phi) is 6.09. The standard InChI is InChI=1S/C23H24FN3O3/c24-18-8-2-1-7-17(18)15-21-23(29)27(19-9-3-4-10-20(19)30-21)16-22(28)25-11-14-26-12-5-6-13-26/h1-4,7-10,15H,5-6,11-14,16H2,(H,25,28)/b21-15-. The molecule has 1 saturated heterocycles. The first kappa shape index (κ1) is 20.1. The van der Waals surface area contributed by atoms with Crippen LogP contribution in [0.25, 0.3) is 6.08 Å². The van der Waals surface area contributed by atoms with Gasteiger partial charge in [0.15, 0.2) is 11.5 Å². The highest BCUT2D eigenvalue weighted by atomic mass is 19.1. The lowest BCUT2D eigenvalue weighted by Gasteiger charge is -2.30.